The molecule has 2 saturated carbocycles. The summed E-state index contributed by atoms with van der Waals surface area (Å²) in [5, 5.41) is 4.03. The van der Waals surface area contributed by atoms with Crippen LogP contribution in [0.3, 0.4) is 0 Å². The fourth-order valence-electron chi connectivity index (χ4n) is 4.46. The molecule has 0 amide bonds. The summed E-state index contributed by atoms with van der Waals surface area (Å²) in [6.07, 6.45) is 14.5. The minimum atomic E-state index is 0.780. The van der Waals surface area contributed by atoms with Crippen LogP contribution in [0.5, 0.6) is 0 Å². The van der Waals surface area contributed by atoms with Crippen molar-refractivity contribution in [2.75, 3.05) is 19.6 Å². The quantitative estimate of drug-likeness (QED) is 0.795. The van der Waals surface area contributed by atoms with Crippen LogP contribution in [0, 0.1) is 11.8 Å². The Labute approximate surface area is 125 Å². The summed E-state index contributed by atoms with van der Waals surface area (Å²) in [5.41, 5.74) is 0. The van der Waals surface area contributed by atoms with Crippen molar-refractivity contribution in [3.8, 4) is 0 Å². The van der Waals surface area contributed by atoms with Gasteiger partial charge in [0.15, 0.2) is 0 Å². The molecule has 1 N–H and O–H groups in total. The number of nitrogens with one attached hydrogen (secondary N) is 1. The number of likely N-dealkylation sites (tertiary alicyclic amines) is 1. The Balaban J connectivity index is 1.50. The van der Waals surface area contributed by atoms with Crippen LogP contribution in [-0.2, 0) is 0 Å². The Hall–Kier alpha value is -0.0800. The molecule has 2 unspecified atom stereocenters. The standard InChI is InChI=1S/C18H34N2/c1-2-6-16-11-18(19-17-7-4-3-5-8-17)14-20(13-16)12-15-9-10-15/h15-19H,2-14H2,1H3. The summed E-state index contributed by atoms with van der Waals surface area (Å²) in [5.74, 6) is 2.00. The number of hydrogen-bond acceptors (Lipinski definition) is 2. The second-order valence-corrected chi connectivity index (χ2v) is 7.75. The molecular formula is C18H34N2. The second-order valence-electron chi connectivity index (χ2n) is 7.75. The van der Waals surface area contributed by atoms with Gasteiger partial charge in [0, 0.05) is 31.7 Å². The van der Waals surface area contributed by atoms with Crippen molar-refractivity contribution in [2.24, 2.45) is 11.8 Å². The highest BCUT2D eigenvalue weighted by atomic mass is 15.2. The lowest BCUT2D eigenvalue weighted by molar-refractivity contribution is 0.121. The molecule has 20 heavy (non-hydrogen) atoms. The monoisotopic (exact) mass is 278 g/mol. The Bertz CT molecular complexity index is 281. The predicted octanol–water partition coefficient (Wildman–Crippen LogP) is 3.81. The van der Waals surface area contributed by atoms with E-state index in [1.807, 2.05) is 0 Å². The maximum Gasteiger partial charge on any atom is 0.0200 e. The first-order valence-electron chi connectivity index (χ1n) is 9.32. The predicted molar refractivity (Wildman–Crippen MR) is 86.0 cm³/mol. The Morgan fingerprint density at radius 1 is 0.900 bits per heavy atom. The molecule has 0 bridgehead atoms. The van der Waals surface area contributed by atoms with Crippen LogP contribution in [0.1, 0.15) is 71.1 Å². The molecule has 1 heterocycles. The first kappa shape index (κ1) is 14.8. The van der Waals surface area contributed by atoms with Crippen molar-refractivity contribution in [2.45, 2.75) is 83.2 Å². The van der Waals surface area contributed by atoms with E-state index in [9.17, 15) is 0 Å². The highest BCUT2D eigenvalue weighted by Crippen LogP contribution is 2.32. The molecule has 3 aliphatic rings. The maximum absolute atomic E-state index is 4.03. The van der Waals surface area contributed by atoms with Gasteiger partial charge in [-0.05, 0) is 50.4 Å². The van der Waals surface area contributed by atoms with E-state index in [1.54, 1.807) is 0 Å². The zero-order chi connectivity index (χ0) is 13.8. The smallest absolute Gasteiger partial charge is 0.0200 e. The summed E-state index contributed by atoms with van der Waals surface area (Å²) in [7, 11) is 0. The summed E-state index contributed by atoms with van der Waals surface area (Å²) < 4.78 is 0. The molecular weight excluding hydrogens is 244 g/mol. The van der Waals surface area contributed by atoms with Crippen molar-refractivity contribution in [3.05, 3.63) is 0 Å². The lowest BCUT2D eigenvalue weighted by Crippen LogP contribution is -2.52. The molecule has 0 spiro atoms. The van der Waals surface area contributed by atoms with E-state index in [-0.39, 0.29) is 0 Å². The van der Waals surface area contributed by atoms with Gasteiger partial charge in [0.1, 0.15) is 0 Å². The van der Waals surface area contributed by atoms with Gasteiger partial charge in [-0.3, -0.25) is 0 Å². The van der Waals surface area contributed by atoms with E-state index >= 15 is 0 Å². The lowest BCUT2D eigenvalue weighted by atomic mass is 9.88. The maximum atomic E-state index is 4.03. The average Bonchev–Trinajstić information content (AvgIpc) is 3.24. The Morgan fingerprint density at radius 2 is 1.70 bits per heavy atom. The van der Waals surface area contributed by atoms with Crippen LogP contribution in [0.4, 0.5) is 0 Å². The van der Waals surface area contributed by atoms with Gasteiger partial charge in [0.05, 0.1) is 0 Å². The lowest BCUT2D eigenvalue weighted by Gasteiger charge is -2.40. The van der Waals surface area contributed by atoms with Crippen molar-refractivity contribution < 1.29 is 0 Å². The van der Waals surface area contributed by atoms with Crippen LogP contribution in [0.25, 0.3) is 0 Å². The third kappa shape index (κ3) is 4.46. The molecule has 0 aromatic heterocycles. The number of hydrogen-bond donors (Lipinski definition) is 1. The molecule has 1 aliphatic heterocycles. The fourth-order valence-corrected chi connectivity index (χ4v) is 4.46. The summed E-state index contributed by atoms with van der Waals surface area (Å²) in [4.78, 5) is 2.79. The van der Waals surface area contributed by atoms with Gasteiger partial charge < -0.3 is 10.2 Å². The van der Waals surface area contributed by atoms with E-state index in [4.69, 9.17) is 0 Å². The SMILES string of the molecule is CCCC1CC(NC2CCCCC2)CN(CC2CC2)C1. The van der Waals surface area contributed by atoms with Crippen LogP contribution < -0.4 is 5.32 Å². The summed E-state index contributed by atoms with van der Waals surface area (Å²) >= 11 is 0. The van der Waals surface area contributed by atoms with E-state index in [2.05, 4.69) is 17.1 Å². The molecule has 0 aromatic rings. The van der Waals surface area contributed by atoms with Gasteiger partial charge in [-0.15, -0.1) is 0 Å². The largest absolute Gasteiger partial charge is 0.310 e. The fraction of sp³-hybridized carbons (Fsp3) is 1.00. The van der Waals surface area contributed by atoms with E-state index in [1.165, 1.54) is 83.8 Å². The first-order chi connectivity index (χ1) is 9.83. The zero-order valence-corrected chi connectivity index (χ0v) is 13.4. The van der Waals surface area contributed by atoms with Crippen LogP contribution in [0.15, 0.2) is 0 Å². The third-order valence-electron chi connectivity index (χ3n) is 5.60. The van der Waals surface area contributed by atoms with Crippen molar-refractivity contribution in [1.82, 2.24) is 10.2 Å². The molecule has 3 rings (SSSR count). The third-order valence-corrected chi connectivity index (χ3v) is 5.60. The van der Waals surface area contributed by atoms with Gasteiger partial charge in [-0.1, -0.05) is 32.6 Å². The number of rotatable bonds is 6. The molecule has 0 radical (unpaired) electrons. The number of nitrogens with zero attached hydrogens (tertiary/aromatic N) is 1. The molecule has 2 atom stereocenters. The van der Waals surface area contributed by atoms with Crippen LogP contribution >= 0.6 is 0 Å². The Morgan fingerprint density at radius 3 is 2.40 bits per heavy atom. The van der Waals surface area contributed by atoms with Crippen molar-refractivity contribution in [3.63, 3.8) is 0 Å². The topological polar surface area (TPSA) is 15.3 Å². The average molecular weight is 278 g/mol. The van der Waals surface area contributed by atoms with Crippen molar-refractivity contribution >= 4 is 0 Å². The van der Waals surface area contributed by atoms with Gasteiger partial charge >= 0.3 is 0 Å². The highest BCUT2D eigenvalue weighted by molar-refractivity contribution is 4.88. The van der Waals surface area contributed by atoms with E-state index < -0.39 is 0 Å². The van der Waals surface area contributed by atoms with Gasteiger partial charge in [-0.25, -0.2) is 0 Å². The van der Waals surface area contributed by atoms with Gasteiger partial charge in [-0.2, -0.15) is 0 Å². The minimum absolute atomic E-state index is 0.780. The summed E-state index contributed by atoms with van der Waals surface area (Å²) in [6, 6.07) is 1.61. The molecule has 116 valence electrons. The zero-order valence-electron chi connectivity index (χ0n) is 13.4. The van der Waals surface area contributed by atoms with Gasteiger partial charge in [0.2, 0.25) is 0 Å². The van der Waals surface area contributed by atoms with Gasteiger partial charge in [0.25, 0.3) is 0 Å². The normalized spacial score (nSPS) is 33.5. The molecule has 0 aromatic carbocycles. The van der Waals surface area contributed by atoms with Crippen LogP contribution in [0.2, 0.25) is 0 Å². The highest BCUT2D eigenvalue weighted by Gasteiger charge is 2.32. The first-order valence-corrected chi connectivity index (χ1v) is 9.32. The van der Waals surface area contributed by atoms with E-state index in [0.29, 0.717) is 0 Å². The molecule has 3 fully saturated rings. The number of piperidine rings is 1. The van der Waals surface area contributed by atoms with Crippen molar-refractivity contribution in [1.29, 1.82) is 0 Å². The Kier molecular flexibility index (Phi) is 5.39. The van der Waals surface area contributed by atoms with E-state index in [0.717, 1.165) is 23.9 Å². The minimum Gasteiger partial charge on any atom is -0.310 e. The second kappa shape index (κ2) is 7.26. The van der Waals surface area contributed by atoms with Crippen LogP contribution in [-0.4, -0.2) is 36.6 Å². The molecule has 2 aliphatic carbocycles. The summed E-state index contributed by atoms with van der Waals surface area (Å²) in [6.45, 7) is 6.45. The molecule has 1 saturated heterocycles. The molecule has 2 heteroatoms. The molecule has 2 nitrogen and oxygen atoms in total.